The van der Waals surface area contributed by atoms with Crippen molar-refractivity contribution in [3.05, 3.63) is 75.4 Å². The van der Waals surface area contributed by atoms with Crippen LogP contribution in [0.3, 0.4) is 0 Å². The molecule has 0 saturated carbocycles. The summed E-state index contributed by atoms with van der Waals surface area (Å²) in [5.74, 6) is 0. The van der Waals surface area contributed by atoms with Gasteiger partial charge in [-0.25, -0.2) is 0 Å². The Morgan fingerprint density at radius 2 is 1.61 bits per heavy atom. The van der Waals surface area contributed by atoms with E-state index in [-0.39, 0.29) is 0 Å². The molecular formula is C22H25N. The number of benzene rings is 2. The summed E-state index contributed by atoms with van der Waals surface area (Å²) in [5, 5.41) is 3.51. The van der Waals surface area contributed by atoms with Gasteiger partial charge in [0.05, 0.1) is 0 Å². The van der Waals surface area contributed by atoms with Gasteiger partial charge in [0.25, 0.3) is 0 Å². The molecule has 0 amide bonds. The first-order valence-corrected chi connectivity index (χ1v) is 8.85. The van der Waals surface area contributed by atoms with Crippen LogP contribution in [-0.2, 0) is 12.8 Å². The van der Waals surface area contributed by atoms with Crippen molar-refractivity contribution in [2.45, 2.75) is 39.5 Å². The zero-order valence-corrected chi connectivity index (χ0v) is 14.2. The molecule has 0 unspecified atom stereocenters. The first kappa shape index (κ1) is 14.7. The molecule has 2 aliphatic rings. The highest BCUT2D eigenvalue weighted by molar-refractivity contribution is 5.87. The summed E-state index contributed by atoms with van der Waals surface area (Å²) in [4.78, 5) is 0. The largest absolute Gasteiger partial charge is 0.316 e. The van der Waals surface area contributed by atoms with E-state index >= 15 is 0 Å². The predicted octanol–water partition coefficient (Wildman–Crippen LogP) is 4.59. The summed E-state index contributed by atoms with van der Waals surface area (Å²) in [5.41, 5.74) is 12.1. The Hall–Kier alpha value is -1.86. The van der Waals surface area contributed by atoms with Gasteiger partial charge in [0.2, 0.25) is 0 Å². The Bertz CT molecular complexity index is 775. The van der Waals surface area contributed by atoms with Crippen LogP contribution >= 0.6 is 0 Å². The molecule has 0 bridgehead atoms. The van der Waals surface area contributed by atoms with Crippen LogP contribution < -0.4 is 5.32 Å². The van der Waals surface area contributed by atoms with Crippen LogP contribution in [0.5, 0.6) is 0 Å². The highest BCUT2D eigenvalue weighted by Crippen LogP contribution is 2.39. The molecule has 1 nitrogen and oxygen atoms in total. The molecule has 1 aliphatic heterocycles. The Morgan fingerprint density at radius 1 is 0.826 bits per heavy atom. The lowest BCUT2D eigenvalue weighted by molar-refractivity contribution is 0.611. The van der Waals surface area contributed by atoms with Crippen molar-refractivity contribution in [3.63, 3.8) is 0 Å². The maximum absolute atomic E-state index is 3.51. The van der Waals surface area contributed by atoms with E-state index in [0.717, 1.165) is 25.9 Å². The number of rotatable bonds is 0. The van der Waals surface area contributed by atoms with Gasteiger partial charge in [-0.05, 0) is 86.0 Å². The van der Waals surface area contributed by atoms with Gasteiger partial charge >= 0.3 is 0 Å². The number of hydrogen-bond donors (Lipinski definition) is 1. The number of fused-ring (bicyclic) bond motifs is 2. The van der Waals surface area contributed by atoms with E-state index in [9.17, 15) is 0 Å². The molecule has 0 spiro atoms. The third-order valence-electron chi connectivity index (χ3n) is 5.36. The SMILES string of the molecule is Cc1ccc2c(c1)CCc1cccc(C)c1C2=C1CCNCC1. The summed E-state index contributed by atoms with van der Waals surface area (Å²) in [6.45, 7) is 6.71. The van der Waals surface area contributed by atoms with E-state index in [1.54, 1.807) is 11.1 Å². The minimum atomic E-state index is 1.11. The maximum Gasteiger partial charge on any atom is -0.00111 e. The van der Waals surface area contributed by atoms with Crippen molar-refractivity contribution in [2.75, 3.05) is 13.1 Å². The highest BCUT2D eigenvalue weighted by atomic mass is 14.9. The van der Waals surface area contributed by atoms with Crippen LogP contribution in [0, 0.1) is 13.8 Å². The van der Waals surface area contributed by atoms with Gasteiger partial charge in [-0.3, -0.25) is 0 Å². The van der Waals surface area contributed by atoms with Crippen LogP contribution in [-0.4, -0.2) is 13.1 Å². The fourth-order valence-corrected chi connectivity index (χ4v) is 4.22. The van der Waals surface area contributed by atoms with Gasteiger partial charge < -0.3 is 5.32 Å². The molecule has 1 heterocycles. The van der Waals surface area contributed by atoms with E-state index in [1.807, 2.05) is 0 Å². The molecule has 2 aromatic rings. The lowest BCUT2D eigenvalue weighted by atomic mass is 9.84. The summed E-state index contributed by atoms with van der Waals surface area (Å²) >= 11 is 0. The number of aryl methyl sites for hydroxylation is 4. The Labute approximate surface area is 139 Å². The molecule has 1 heteroatoms. The number of nitrogens with one attached hydrogen (secondary N) is 1. The van der Waals surface area contributed by atoms with Gasteiger partial charge in [0.1, 0.15) is 0 Å². The quantitative estimate of drug-likeness (QED) is 0.751. The van der Waals surface area contributed by atoms with Crippen LogP contribution in [0.25, 0.3) is 5.57 Å². The monoisotopic (exact) mass is 303 g/mol. The first-order chi connectivity index (χ1) is 11.2. The normalized spacial score (nSPS) is 17.5. The van der Waals surface area contributed by atoms with Crippen molar-refractivity contribution in [2.24, 2.45) is 0 Å². The molecule has 1 aliphatic carbocycles. The van der Waals surface area contributed by atoms with Crippen molar-refractivity contribution < 1.29 is 0 Å². The van der Waals surface area contributed by atoms with Crippen LogP contribution in [0.4, 0.5) is 0 Å². The second-order valence-corrected chi connectivity index (χ2v) is 7.00. The Morgan fingerprint density at radius 3 is 2.43 bits per heavy atom. The molecule has 2 aromatic carbocycles. The predicted molar refractivity (Wildman–Crippen MR) is 97.9 cm³/mol. The van der Waals surface area contributed by atoms with Crippen molar-refractivity contribution in [1.82, 2.24) is 5.32 Å². The van der Waals surface area contributed by atoms with E-state index in [4.69, 9.17) is 0 Å². The lowest BCUT2D eigenvalue weighted by Crippen LogP contribution is -2.24. The van der Waals surface area contributed by atoms with Gasteiger partial charge in [0, 0.05) is 0 Å². The van der Waals surface area contributed by atoms with Crippen LogP contribution in [0.15, 0.2) is 42.0 Å². The smallest absolute Gasteiger partial charge is 0.00111 e. The summed E-state index contributed by atoms with van der Waals surface area (Å²) < 4.78 is 0. The van der Waals surface area contributed by atoms with Gasteiger partial charge in [0.15, 0.2) is 0 Å². The van der Waals surface area contributed by atoms with E-state index in [1.165, 1.54) is 46.2 Å². The topological polar surface area (TPSA) is 12.0 Å². The molecule has 4 rings (SSSR count). The van der Waals surface area contributed by atoms with Gasteiger partial charge in [-0.15, -0.1) is 0 Å². The van der Waals surface area contributed by atoms with E-state index < -0.39 is 0 Å². The number of piperidine rings is 1. The second-order valence-electron chi connectivity index (χ2n) is 7.00. The molecule has 118 valence electrons. The molecule has 23 heavy (non-hydrogen) atoms. The third kappa shape index (κ3) is 2.64. The fourth-order valence-electron chi connectivity index (χ4n) is 4.22. The molecule has 1 N–H and O–H groups in total. The minimum Gasteiger partial charge on any atom is -0.316 e. The average Bonchev–Trinajstić information content (AvgIpc) is 2.73. The van der Waals surface area contributed by atoms with Crippen molar-refractivity contribution in [1.29, 1.82) is 0 Å². The zero-order valence-electron chi connectivity index (χ0n) is 14.2. The molecule has 1 fully saturated rings. The molecule has 0 radical (unpaired) electrons. The molecular weight excluding hydrogens is 278 g/mol. The fraction of sp³-hybridized carbons (Fsp3) is 0.364. The Balaban J connectivity index is 2.02. The van der Waals surface area contributed by atoms with Crippen molar-refractivity contribution in [3.8, 4) is 0 Å². The van der Waals surface area contributed by atoms with Crippen LogP contribution in [0.2, 0.25) is 0 Å². The van der Waals surface area contributed by atoms with Crippen molar-refractivity contribution >= 4 is 5.57 Å². The average molecular weight is 303 g/mol. The summed E-state index contributed by atoms with van der Waals surface area (Å²) in [7, 11) is 0. The first-order valence-electron chi connectivity index (χ1n) is 8.85. The van der Waals surface area contributed by atoms with E-state index in [2.05, 4.69) is 55.6 Å². The zero-order chi connectivity index (χ0) is 15.8. The Kier molecular flexibility index (Phi) is 3.82. The highest BCUT2D eigenvalue weighted by Gasteiger charge is 2.23. The van der Waals surface area contributed by atoms with E-state index in [0.29, 0.717) is 0 Å². The molecule has 1 saturated heterocycles. The third-order valence-corrected chi connectivity index (χ3v) is 5.36. The summed E-state index contributed by atoms with van der Waals surface area (Å²) in [6, 6.07) is 13.9. The second kappa shape index (κ2) is 5.98. The molecule has 0 atom stereocenters. The molecule has 0 aromatic heterocycles. The lowest BCUT2D eigenvalue weighted by Gasteiger charge is -2.23. The van der Waals surface area contributed by atoms with Crippen LogP contribution in [0.1, 0.15) is 46.2 Å². The standard InChI is InChI=1S/C22H25N/c1-15-6-9-20-19(14-15)8-7-17-5-3-4-16(2)21(17)22(20)18-10-12-23-13-11-18/h3-6,9,14,23H,7-8,10-13H2,1-2H3. The maximum atomic E-state index is 3.51. The van der Waals surface area contributed by atoms with Gasteiger partial charge in [-0.2, -0.15) is 0 Å². The number of hydrogen-bond acceptors (Lipinski definition) is 1. The minimum absolute atomic E-state index is 1.11. The summed E-state index contributed by atoms with van der Waals surface area (Å²) in [6.07, 6.45) is 4.66. The van der Waals surface area contributed by atoms with Gasteiger partial charge in [-0.1, -0.05) is 47.5 Å².